The molecule has 82 valence electrons. The molecule has 1 aliphatic heterocycles. The Labute approximate surface area is 94.8 Å². The maximum absolute atomic E-state index is 5.69. The van der Waals surface area contributed by atoms with Crippen molar-refractivity contribution in [2.45, 2.75) is 25.5 Å². The molecule has 0 aliphatic carbocycles. The molecule has 3 nitrogen and oxygen atoms in total. The normalized spacial score (nSPS) is 20.7. The first kappa shape index (κ1) is 10.9. The summed E-state index contributed by atoms with van der Waals surface area (Å²) in [4.78, 5) is 4.00. The summed E-state index contributed by atoms with van der Waals surface area (Å²) in [5.74, 6) is 0. The van der Waals surface area contributed by atoms with Crippen molar-refractivity contribution in [1.82, 2.24) is 10.3 Å². The number of ether oxygens (including phenoxy) is 1. The Balaban J connectivity index is 1.71. The van der Waals surface area contributed by atoms with Crippen LogP contribution in [-0.2, 0) is 11.3 Å². The van der Waals surface area contributed by atoms with Gasteiger partial charge in [-0.25, -0.2) is 4.98 Å². The number of hydrogen-bond donors (Lipinski definition) is 1. The standard InChI is InChI=1S/C11H15ClN2O/c12-11-4-3-9(6-14-11)7-15-8-10-2-1-5-13-10/h3-4,6,10,13H,1-2,5,7-8H2/t10-/m0/s1. The maximum atomic E-state index is 5.69. The van der Waals surface area contributed by atoms with Crippen molar-refractivity contribution in [3.8, 4) is 0 Å². The summed E-state index contributed by atoms with van der Waals surface area (Å²) in [7, 11) is 0. The smallest absolute Gasteiger partial charge is 0.129 e. The van der Waals surface area contributed by atoms with Gasteiger partial charge >= 0.3 is 0 Å². The Morgan fingerprint density at radius 2 is 2.47 bits per heavy atom. The average molecular weight is 227 g/mol. The Morgan fingerprint density at radius 3 is 3.13 bits per heavy atom. The van der Waals surface area contributed by atoms with Crippen LogP contribution in [0, 0.1) is 0 Å². The van der Waals surface area contributed by atoms with E-state index in [-0.39, 0.29) is 0 Å². The molecule has 15 heavy (non-hydrogen) atoms. The second-order valence-corrected chi connectivity index (χ2v) is 4.18. The third-order valence-electron chi connectivity index (χ3n) is 2.54. The fourth-order valence-electron chi connectivity index (χ4n) is 1.71. The van der Waals surface area contributed by atoms with Gasteiger partial charge in [-0.3, -0.25) is 0 Å². The lowest BCUT2D eigenvalue weighted by atomic mass is 10.2. The van der Waals surface area contributed by atoms with Crippen LogP contribution in [0.1, 0.15) is 18.4 Å². The lowest BCUT2D eigenvalue weighted by Crippen LogP contribution is -2.26. The van der Waals surface area contributed by atoms with E-state index in [4.69, 9.17) is 16.3 Å². The summed E-state index contributed by atoms with van der Waals surface area (Å²) in [6.07, 6.45) is 4.24. The zero-order chi connectivity index (χ0) is 10.5. The van der Waals surface area contributed by atoms with Crippen LogP contribution in [0.4, 0.5) is 0 Å². The van der Waals surface area contributed by atoms with Crippen molar-refractivity contribution in [3.63, 3.8) is 0 Å². The Morgan fingerprint density at radius 1 is 1.53 bits per heavy atom. The van der Waals surface area contributed by atoms with Crippen LogP contribution in [0.2, 0.25) is 5.15 Å². The van der Waals surface area contributed by atoms with Gasteiger partial charge < -0.3 is 10.1 Å². The van der Waals surface area contributed by atoms with Gasteiger partial charge in [-0.05, 0) is 31.0 Å². The van der Waals surface area contributed by atoms with Crippen LogP contribution in [-0.4, -0.2) is 24.2 Å². The lowest BCUT2D eigenvalue weighted by molar-refractivity contribution is 0.103. The molecule has 0 radical (unpaired) electrons. The molecule has 0 amide bonds. The minimum atomic E-state index is 0.524. The number of hydrogen-bond acceptors (Lipinski definition) is 3. The molecular weight excluding hydrogens is 212 g/mol. The molecule has 2 heterocycles. The van der Waals surface area contributed by atoms with Gasteiger partial charge in [0, 0.05) is 12.2 Å². The molecule has 0 spiro atoms. The average Bonchev–Trinajstić information content (AvgIpc) is 2.74. The zero-order valence-electron chi connectivity index (χ0n) is 8.58. The van der Waals surface area contributed by atoms with Gasteiger partial charge in [0.1, 0.15) is 5.15 Å². The summed E-state index contributed by atoms with van der Waals surface area (Å²) in [6.45, 7) is 2.52. The third kappa shape index (κ3) is 3.45. The first-order valence-electron chi connectivity index (χ1n) is 5.26. The van der Waals surface area contributed by atoms with Crippen LogP contribution < -0.4 is 5.32 Å². The van der Waals surface area contributed by atoms with E-state index in [9.17, 15) is 0 Å². The molecule has 0 bridgehead atoms. The van der Waals surface area contributed by atoms with Gasteiger partial charge in [0.25, 0.3) is 0 Å². The fourth-order valence-corrected chi connectivity index (χ4v) is 1.82. The molecule has 1 N–H and O–H groups in total. The molecule has 1 aliphatic rings. The number of nitrogens with zero attached hydrogens (tertiary/aromatic N) is 1. The molecule has 0 aromatic carbocycles. The predicted octanol–water partition coefficient (Wildman–Crippen LogP) is 2.00. The number of pyridine rings is 1. The summed E-state index contributed by atoms with van der Waals surface area (Å²) in [6, 6.07) is 4.26. The van der Waals surface area contributed by atoms with E-state index < -0.39 is 0 Å². The van der Waals surface area contributed by atoms with E-state index in [0.29, 0.717) is 17.8 Å². The summed E-state index contributed by atoms with van der Waals surface area (Å²) in [5.41, 5.74) is 1.07. The first-order chi connectivity index (χ1) is 7.34. The van der Waals surface area contributed by atoms with Gasteiger partial charge in [0.05, 0.1) is 13.2 Å². The van der Waals surface area contributed by atoms with Crippen molar-refractivity contribution >= 4 is 11.6 Å². The summed E-state index contributed by atoms with van der Waals surface area (Å²) < 4.78 is 5.60. The molecular formula is C11H15ClN2O. The number of rotatable bonds is 4. The van der Waals surface area contributed by atoms with Crippen LogP contribution in [0.3, 0.4) is 0 Å². The molecule has 1 aromatic heterocycles. The monoisotopic (exact) mass is 226 g/mol. The Kier molecular flexibility index (Phi) is 3.94. The Hall–Kier alpha value is -0.640. The van der Waals surface area contributed by atoms with E-state index in [1.165, 1.54) is 12.8 Å². The topological polar surface area (TPSA) is 34.1 Å². The second kappa shape index (κ2) is 5.45. The highest BCUT2D eigenvalue weighted by molar-refractivity contribution is 6.29. The van der Waals surface area contributed by atoms with E-state index in [2.05, 4.69) is 10.3 Å². The highest BCUT2D eigenvalue weighted by Crippen LogP contribution is 2.08. The number of nitrogens with one attached hydrogen (secondary N) is 1. The summed E-state index contributed by atoms with van der Waals surface area (Å²) >= 11 is 5.69. The van der Waals surface area contributed by atoms with Crippen LogP contribution in [0.15, 0.2) is 18.3 Å². The molecule has 0 saturated carbocycles. The van der Waals surface area contributed by atoms with Gasteiger partial charge in [0.2, 0.25) is 0 Å². The molecule has 4 heteroatoms. The van der Waals surface area contributed by atoms with Crippen LogP contribution in [0.25, 0.3) is 0 Å². The van der Waals surface area contributed by atoms with Crippen molar-refractivity contribution in [2.24, 2.45) is 0 Å². The first-order valence-corrected chi connectivity index (χ1v) is 5.64. The lowest BCUT2D eigenvalue weighted by Gasteiger charge is -2.10. The van der Waals surface area contributed by atoms with Crippen LogP contribution in [0.5, 0.6) is 0 Å². The highest BCUT2D eigenvalue weighted by atomic mass is 35.5. The van der Waals surface area contributed by atoms with Gasteiger partial charge in [-0.15, -0.1) is 0 Å². The molecule has 1 aromatic rings. The van der Waals surface area contributed by atoms with Crippen LogP contribution >= 0.6 is 11.6 Å². The summed E-state index contributed by atoms with van der Waals surface area (Å²) in [5, 5.41) is 3.91. The van der Waals surface area contributed by atoms with Gasteiger partial charge in [0.15, 0.2) is 0 Å². The largest absolute Gasteiger partial charge is 0.375 e. The molecule has 1 atom stereocenters. The third-order valence-corrected chi connectivity index (χ3v) is 2.76. The predicted molar refractivity (Wildman–Crippen MR) is 59.9 cm³/mol. The van der Waals surface area contributed by atoms with E-state index >= 15 is 0 Å². The minimum Gasteiger partial charge on any atom is -0.375 e. The zero-order valence-corrected chi connectivity index (χ0v) is 9.33. The number of halogens is 1. The molecule has 1 fully saturated rings. The van der Waals surface area contributed by atoms with E-state index in [1.807, 2.05) is 6.07 Å². The van der Waals surface area contributed by atoms with Crippen molar-refractivity contribution in [1.29, 1.82) is 0 Å². The number of aromatic nitrogens is 1. The fraction of sp³-hybridized carbons (Fsp3) is 0.545. The SMILES string of the molecule is Clc1ccc(COC[C@@H]2CCCN2)cn1. The van der Waals surface area contributed by atoms with Crippen molar-refractivity contribution in [3.05, 3.63) is 29.0 Å². The molecule has 2 rings (SSSR count). The molecule has 0 unspecified atom stereocenters. The quantitative estimate of drug-likeness (QED) is 0.798. The molecule has 1 saturated heterocycles. The van der Waals surface area contributed by atoms with Crippen molar-refractivity contribution in [2.75, 3.05) is 13.2 Å². The Bertz CT molecular complexity index is 296. The maximum Gasteiger partial charge on any atom is 0.129 e. The van der Waals surface area contributed by atoms with E-state index in [0.717, 1.165) is 18.7 Å². The minimum absolute atomic E-state index is 0.524. The second-order valence-electron chi connectivity index (χ2n) is 3.80. The highest BCUT2D eigenvalue weighted by Gasteiger charge is 2.13. The van der Waals surface area contributed by atoms with E-state index in [1.54, 1.807) is 12.3 Å². The van der Waals surface area contributed by atoms with Gasteiger partial charge in [-0.1, -0.05) is 17.7 Å². The van der Waals surface area contributed by atoms with Crippen molar-refractivity contribution < 1.29 is 4.74 Å². The van der Waals surface area contributed by atoms with Gasteiger partial charge in [-0.2, -0.15) is 0 Å².